The molecule has 0 saturated heterocycles. The summed E-state index contributed by atoms with van der Waals surface area (Å²) in [4.78, 5) is 18.6. The average Bonchev–Trinajstić information content (AvgIpc) is 3.25. The molecule has 23 heavy (non-hydrogen) atoms. The molecule has 3 rings (SSSR count). The van der Waals surface area contributed by atoms with E-state index in [4.69, 9.17) is 4.42 Å². The molecule has 0 bridgehead atoms. The number of nitrogens with one attached hydrogen (secondary N) is 1. The zero-order valence-electron chi connectivity index (χ0n) is 13.6. The Morgan fingerprint density at radius 1 is 1.35 bits per heavy atom. The van der Waals surface area contributed by atoms with Crippen LogP contribution in [0, 0.1) is 0 Å². The highest BCUT2D eigenvalue weighted by Crippen LogP contribution is 2.34. The molecule has 2 aromatic heterocycles. The Morgan fingerprint density at radius 3 is 2.70 bits per heavy atom. The normalized spacial score (nSPS) is 16.6. The van der Waals surface area contributed by atoms with Crippen molar-refractivity contribution in [3.05, 3.63) is 54.2 Å². The minimum absolute atomic E-state index is 0.0164. The SMILES string of the molecule is CC(CNC(=O)N(C1CC1)C(C)c1ccco1)c1ccncc1. The highest BCUT2D eigenvalue weighted by Gasteiger charge is 2.37. The lowest BCUT2D eigenvalue weighted by molar-refractivity contribution is 0.166. The molecule has 2 aromatic rings. The largest absolute Gasteiger partial charge is 0.467 e. The summed E-state index contributed by atoms with van der Waals surface area (Å²) in [7, 11) is 0. The van der Waals surface area contributed by atoms with Gasteiger partial charge in [0.15, 0.2) is 0 Å². The monoisotopic (exact) mass is 313 g/mol. The van der Waals surface area contributed by atoms with E-state index in [9.17, 15) is 4.79 Å². The third-order valence-electron chi connectivity index (χ3n) is 4.38. The van der Waals surface area contributed by atoms with Crippen LogP contribution in [0.3, 0.4) is 0 Å². The molecule has 2 atom stereocenters. The van der Waals surface area contributed by atoms with Crippen molar-refractivity contribution in [3.8, 4) is 0 Å². The summed E-state index contributed by atoms with van der Waals surface area (Å²) in [6, 6.07) is 8.02. The number of nitrogens with zero attached hydrogens (tertiary/aromatic N) is 2. The van der Waals surface area contributed by atoms with Gasteiger partial charge >= 0.3 is 6.03 Å². The van der Waals surface area contributed by atoms with Crippen LogP contribution < -0.4 is 5.32 Å². The lowest BCUT2D eigenvalue weighted by Crippen LogP contribution is -2.43. The highest BCUT2D eigenvalue weighted by molar-refractivity contribution is 5.75. The number of rotatable bonds is 6. The second-order valence-corrected chi connectivity index (χ2v) is 6.20. The molecule has 1 fully saturated rings. The lowest BCUT2D eigenvalue weighted by atomic mass is 10.0. The fourth-order valence-corrected chi connectivity index (χ4v) is 2.82. The van der Waals surface area contributed by atoms with Gasteiger partial charge in [-0.2, -0.15) is 0 Å². The summed E-state index contributed by atoms with van der Waals surface area (Å²) in [5.74, 6) is 1.08. The van der Waals surface area contributed by atoms with Gasteiger partial charge in [0.05, 0.1) is 12.3 Å². The van der Waals surface area contributed by atoms with Crippen LogP contribution in [0.2, 0.25) is 0 Å². The Kier molecular flexibility index (Phi) is 4.65. The third kappa shape index (κ3) is 3.73. The molecule has 2 heterocycles. The van der Waals surface area contributed by atoms with Gasteiger partial charge < -0.3 is 14.6 Å². The van der Waals surface area contributed by atoms with Crippen molar-refractivity contribution in [3.63, 3.8) is 0 Å². The van der Waals surface area contributed by atoms with Crippen molar-refractivity contribution in [1.29, 1.82) is 0 Å². The van der Waals surface area contributed by atoms with Gasteiger partial charge in [0.25, 0.3) is 0 Å². The first-order valence-electron chi connectivity index (χ1n) is 8.16. The molecule has 1 saturated carbocycles. The van der Waals surface area contributed by atoms with Crippen LogP contribution in [-0.4, -0.2) is 28.5 Å². The Morgan fingerprint density at radius 2 is 2.09 bits per heavy atom. The zero-order chi connectivity index (χ0) is 16.2. The Balaban J connectivity index is 1.61. The molecule has 5 heteroatoms. The summed E-state index contributed by atoms with van der Waals surface area (Å²) in [5, 5.41) is 3.07. The fourth-order valence-electron chi connectivity index (χ4n) is 2.82. The molecule has 5 nitrogen and oxygen atoms in total. The predicted octanol–water partition coefficient (Wildman–Crippen LogP) is 3.71. The smallest absolute Gasteiger partial charge is 0.318 e. The summed E-state index contributed by atoms with van der Waals surface area (Å²) < 4.78 is 5.47. The number of urea groups is 1. The van der Waals surface area contributed by atoms with E-state index in [2.05, 4.69) is 17.2 Å². The number of hydrogen-bond donors (Lipinski definition) is 1. The number of aromatic nitrogens is 1. The number of furan rings is 1. The van der Waals surface area contributed by atoms with Crippen molar-refractivity contribution >= 4 is 6.03 Å². The van der Waals surface area contributed by atoms with Crippen LogP contribution in [0.5, 0.6) is 0 Å². The van der Waals surface area contributed by atoms with E-state index in [0.717, 1.165) is 18.6 Å². The van der Waals surface area contributed by atoms with Crippen molar-refractivity contribution in [2.75, 3.05) is 6.54 Å². The molecular weight excluding hydrogens is 290 g/mol. The van der Waals surface area contributed by atoms with E-state index in [-0.39, 0.29) is 18.0 Å². The molecule has 0 radical (unpaired) electrons. The van der Waals surface area contributed by atoms with Crippen molar-refractivity contribution in [2.45, 2.75) is 44.7 Å². The first-order valence-corrected chi connectivity index (χ1v) is 8.16. The Labute approximate surface area is 136 Å². The average molecular weight is 313 g/mol. The Bertz CT molecular complexity index is 623. The maximum absolute atomic E-state index is 12.7. The first-order chi connectivity index (χ1) is 11.2. The van der Waals surface area contributed by atoms with Crippen molar-refractivity contribution in [2.24, 2.45) is 0 Å². The molecular formula is C18H23N3O2. The highest BCUT2D eigenvalue weighted by atomic mass is 16.3. The van der Waals surface area contributed by atoms with Gasteiger partial charge in [-0.15, -0.1) is 0 Å². The maximum Gasteiger partial charge on any atom is 0.318 e. The number of carbonyl (C=O) groups is 1. The molecule has 122 valence electrons. The topological polar surface area (TPSA) is 58.4 Å². The van der Waals surface area contributed by atoms with Gasteiger partial charge in [-0.3, -0.25) is 4.98 Å². The number of carbonyl (C=O) groups excluding carboxylic acids is 1. The lowest BCUT2D eigenvalue weighted by Gasteiger charge is -2.28. The summed E-state index contributed by atoms with van der Waals surface area (Å²) in [5.41, 5.74) is 1.18. The van der Waals surface area contributed by atoms with Gasteiger partial charge in [0.2, 0.25) is 0 Å². The summed E-state index contributed by atoms with van der Waals surface area (Å²) in [6.45, 7) is 4.73. The van der Waals surface area contributed by atoms with Gasteiger partial charge in [-0.25, -0.2) is 4.79 Å². The van der Waals surface area contributed by atoms with Gasteiger partial charge in [-0.05, 0) is 55.5 Å². The summed E-state index contributed by atoms with van der Waals surface area (Å²) in [6.07, 6.45) is 7.35. The van der Waals surface area contributed by atoms with Gasteiger partial charge in [0, 0.05) is 25.0 Å². The molecule has 2 amide bonds. The van der Waals surface area contributed by atoms with E-state index in [0.29, 0.717) is 12.6 Å². The third-order valence-corrected chi connectivity index (χ3v) is 4.38. The zero-order valence-corrected chi connectivity index (χ0v) is 13.6. The van der Waals surface area contributed by atoms with Crippen LogP contribution in [0.25, 0.3) is 0 Å². The van der Waals surface area contributed by atoms with Crippen LogP contribution in [-0.2, 0) is 0 Å². The quantitative estimate of drug-likeness (QED) is 0.884. The van der Waals surface area contributed by atoms with Crippen LogP contribution in [0.4, 0.5) is 4.79 Å². The van der Waals surface area contributed by atoms with E-state index >= 15 is 0 Å². The number of hydrogen-bond acceptors (Lipinski definition) is 3. The minimum atomic E-state index is -0.0475. The number of pyridine rings is 1. The van der Waals surface area contributed by atoms with Crippen LogP contribution in [0.1, 0.15) is 50.0 Å². The second-order valence-electron chi connectivity index (χ2n) is 6.20. The summed E-state index contributed by atoms with van der Waals surface area (Å²) >= 11 is 0. The van der Waals surface area contributed by atoms with Crippen LogP contribution in [0.15, 0.2) is 47.3 Å². The minimum Gasteiger partial charge on any atom is -0.467 e. The predicted molar refractivity (Wildman–Crippen MR) is 88.0 cm³/mol. The standard InChI is InChI=1S/C18H23N3O2/c1-13(15-7-9-19-10-8-15)12-20-18(22)21(16-5-6-16)14(2)17-4-3-11-23-17/h3-4,7-11,13-14,16H,5-6,12H2,1-2H3,(H,20,22). The van der Waals surface area contributed by atoms with Gasteiger partial charge in [-0.1, -0.05) is 6.92 Å². The molecule has 0 aliphatic heterocycles. The maximum atomic E-state index is 12.7. The molecule has 1 aliphatic rings. The van der Waals surface area contributed by atoms with E-state index < -0.39 is 0 Å². The fraction of sp³-hybridized carbons (Fsp3) is 0.444. The number of amides is 2. The second kappa shape index (κ2) is 6.86. The molecule has 2 unspecified atom stereocenters. The van der Waals surface area contributed by atoms with E-state index in [1.807, 2.05) is 36.1 Å². The Hall–Kier alpha value is -2.30. The molecule has 1 N–H and O–H groups in total. The molecule has 0 aromatic carbocycles. The molecule has 1 aliphatic carbocycles. The van der Waals surface area contributed by atoms with Crippen molar-refractivity contribution in [1.82, 2.24) is 15.2 Å². The van der Waals surface area contributed by atoms with Crippen LogP contribution >= 0.6 is 0 Å². The van der Waals surface area contributed by atoms with Gasteiger partial charge in [0.1, 0.15) is 5.76 Å². The van der Waals surface area contributed by atoms with E-state index in [1.54, 1.807) is 18.7 Å². The first kappa shape index (κ1) is 15.6. The molecule has 0 spiro atoms. The van der Waals surface area contributed by atoms with Crippen molar-refractivity contribution < 1.29 is 9.21 Å². The van der Waals surface area contributed by atoms with E-state index in [1.165, 1.54) is 5.56 Å².